The van der Waals surface area contributed by atoms with E-state index in [0.29, 0.717) is 38.2 Å². The molecular formula is C20H25N3O5. The minimum atomic E-state index is -0.708. The maximum absolute atomic E-state index is 12.9. The molecule has 1 aromatic heterocycles. The number of nitrogens with zero attached hydrogens (tertiary/aromatic N) is 3. The first-order valence-corrected chi connectivity index (χ1v) is 9.61. The van der Waals surface area contributed by atoms with E-state index in [4.69, 9.17) is 4.74 Å². The van der Waals surface area contributed by atoms with E-state index in [1.807, 2.05) is 0 Å². The van der Waals surface area contributed by atoms with Gasteiger partial charge >= 0.3 is 6.09 Å². The Kier molecular flexibility index (Phi) is 5.96. The zero-order valence-electron chi connectivity index (χ0n) is 16.1. The van der Waals surface area contributed by atoms with Gasteiger partial charge in [-0.25, -0.2) is 4.79 Å². The van der Waals surface area contributed by atoms with Gasteiger partial charge in [0.25, 0.3) is 5.91 Å². The smallest absolute Gasteiger partial charge is 0.409 e. The van der Waals surface area contributed by atoms with Gasteiger partial charge in [-0.05, 0) is 31.9 Å². The van der Waals surface area contributed by atoms with Crippen LogP contribution in [0.3, 0.4) is 0 Å². The van der Waals surface area contributed by atoms with Gasteiger partial charge in [0.05, 0.1) is 17.9 Å². The van der Waals surface area contributed by atoms with Crippen molar-refractivity contribution >= 4 is 17.8 Å². The molecule has 1 unspecified atom stereocenters. The van der Waals surface area contributed by atoms with Crippen LogP contribution in [0.2, 0.25) is 0 Å². The van der Waals surface area contributed by atoms with Gasteiger partial charge in [-0.1, -0.05) is 13.0 Å². The van der Waals surface area contributed by atoms with E-state index in [1.54, 1.807) is 48.0 Å². The van der Waals surface area contributed by atoms with Gasteiger partial charge in [-0.2, -0.15) is 0 Å². The van der Waals surface area contributed by atoms with E-state index in [1.165, 1.54) is 0 Å². The summed E-state index contributed by atoms with van der Waals surface area (Å²) in [6.07, 6.45) is 2.50. The summed E-state index contributed by atoms with van der Waals surface area (Å²) in [5.74, 6) is -1.31. The van der Waals surface area contributed by atoms with E-state index in [0.717, 1.165) is 0 Å². The SMILES string of the molecule is CCOC(=O)N1CCC(N2C(=O)C(O)=C(C(=O)CC)C2c2ccccn2)CC1. The molecule has 0 aromatic carbocycles. The number of aliphatic hydroxyl groups is 1. The second-order valence-electron chi connectivity index (χ2n) is 6.83. The first kappa shape index (κ1) is 19.9. The molecule has 150 valence electrons. The third-order valence-electron chi connectivity index (χ3n) is 5.22. The Balaban J connectivity index is 1.87. The summed E-state index contributed by atoms with van der Waals surface area (Å²) < 4.78 is 5.04. The van der Waals surface area contributed by atoms with Crippen molar-refractivity contribution in [1.29, 1.82) is 0 Å². The van der Waals surface area contributed by atoms with Gasteiger partial charge in [0.1, 0.15) is 6.04 Å². The van der Waals surface area contributed by atoms with Crippen molar-refractivity contribution in [3.05, 3.63) is 41.4 Å². The molecule has 3 heterocycles. The lowest BCUT2D eigenvalue weighted by Gasteiger charge is -2.39. The number of Topliss-reactive ketones (excluding diaryl/α,β-unsaturated/α-hetero) is 1. The number of hydrogen-bond donors (Lipinski definition) is 1. The number of hydrogen-bond acceptors (Lipinski definition) is 6. The van der Waals surface area contributed by atoms with Crippen molar-refractivity contribution in [1.82, 2.24) is 14.8 Å². The molecule has 3 rings (SSSR count). The van der Waals surface area contributed by atoms with Gasteiger partial charge in [-0.3, -0.25) is 14.6 Å². The Morgan fingerprint density at radius 3 is 2.54 bits per heavy atom. The lowest BCUT2D eigenvalue weighted by atomic mass is 9.95. The molecular weight excluding hydrogens is 362 g/mol. The largest absolute Gasteiger partial charge is 0.503 e. The number of aliphatic hydroxyl groups excluding tert-OH is 1. The number of carbonyl (C=O) groups is 3. The van der Waals surface area contributed by atoms with Gasteiger partial charge in [-0.15, -0.1) is 0 Å². The Bertz CT molecular complexity index is 784. The van der Waals surface area contributed by atoms with E-state index in [2.05, 4.69) is 4.98 Å². The standard InChI is InChI=1S/C20H25N3O5/c1-3-15(24)16-17(14-7-5-6-10-21-14)23(19(26)18(16)25)13-8-11-22(12-9-13)20(27)28-4-2/h5-7,10,13,17,25H,3-4,8-9,11-12H2,1-2H3. The number of ketones is 1. The monoisotopic (exact) mass is 387 g/mol. The van der Waals surface area contributed by atoms with Crippen LogP contribution in [0.25, 0.3) is 0 Å². The third kappa shape index (κ3) is 3.58. The fraction of sp³-hybridized carbons (Fsp3) is 0.500. The molecule has 1 saturated heterocycles. The highest BCUT2D eigenvalue weighted by atomic mass is 16.6. The van der Waals surface area contributed by atoms with Crippen molar-refractivity contribution in [3.63, 3.8) is 0 Å². The van der Waals surface area contributed by atoms with Gasteiger partial charge in [0, 0.05) is 31.7 Å². The van der Waals surface area contributed by atoms with Crippen LogP contribution in [0.4, 0.5) is 4.79 Å². The topological polar surface area (TPSA) is 100 Å². The summed E-state index contributed by atoms with van der Waals surface area (Å²) in [5, 5.41) is 10.5. The Hall–Kier alpha value is -2.90. The molecule has 1 atom stereocenters. The number of piperidine rings is 1. The minimum absolute atomic E-state index is 0.110. The van der Waals surface area contributed by atoms with Crippen molar-refractivity contribution in [2.45, 2.75) is 45.2 Å². The Morgan fingerprint density at radius 2 is 1.96 bits per heavy atom. The summed E-state index contributed by atoms with van der Waals surface area (Å²) in [7, 11) is 0. The van der Waals surface area contributed by atoms with Crippen LogP contribution >= 0.6 is 0 Å². The van der Waals surface area contributed by atoms with Crippen LogP contribution in [0.15, 0.2) is 35.7 Å². The predicted molar refractivity (Wildman–Crippen MR) is 100 cm³/mol. The number of rotatable bonds is 5. The number of amides is 2. The average Bonchev–Trinajstić information content (AvgIpc) is 2.99. The summed E-state index contributed by atoms with van der Waals surface area (Å²) in [6, 6.07) is 4.38. The second-order valence-corrected chi connectivity index (χ2v) is 6.83. The maximum Gasteiger partial charge on any atom is 0.409 e. The molecule has 28 heavy (non-hydrogen) atoms. The normalized spacial score (nSPS) is 20.6. The highest BCUT2D eigenvalue weighted by Gasteiger charge is 2.47. The van der Waals surface area contributed by atoms with Crippen LogP contribution < -0.4 is 0 Å². The van der Waals surface area contributed by atoms with Crippen molar-refractivity contribution in [3.8, 4) is 0 Å². The highest BCUT2D eigenvalue weighted by Crippen LogP contribution is 2.40. The molecule has 8 heteroatoms. The summed E-state index contributed by atoms with van der Waals surface area (Å²) in [4.78, 5) is 44.8. The predicted octanol–water partition coefficient (Wildman–Crippen LogP) is 2.38. The van der Waals surface area contributed by atoms with Crippen LogP contribution in [0.1, 0.15) is 44.8 Å². The molecule has 2 amide bonds. The fourth-order valence-electron chi connectivity index (χ4n) is 3.84. The average molecular weight is 387 g/mol. The molecule has 1 fully saturated rings. The maximum atomic E-state index is 12.9. The minimum Gasteiger partial charge on any atom is -0.503 e. The van der Waals surface area contributed by atoms with Gasteiger partial charge in [0.15, 0.2) is 11.5 Å². The first-order valence-electron chi connectivity index (χ1n) is 9.61. The number of pyridine rings is 1. The molecule has 1 aromatic rings. The quantitative estimate of drug-likeness (QED) is 0.833. The van der Waals surface area contributed by atoms with Gasteiger partial charge < -0.3 is 19.6 Å². The molecule has 0 bridgehead atoms. The molecule has 8 nitrogen and oxygen atoms in total. The summed E-state index contributed by atoms with van der Waals surface area (Å²) in [5.41, 5.74) is 0.656. The Labute approximate surface area is 163 Å². The summed E-state index contributed by atoms with van der Waals surface area (Å²) in [6.45, 7) is 4.65. The molecule has 1 N–H and O–H groups in total. The van der Waals surface area contributed by atoms with Crippen LogP contribution in [-0.2, 0) is 14.3 Å². The third-order valence-corrected chi connectivity index (χ3v) is 5.22. The molecule has 0 spiro atoms. The van der Waals surface area contributed by atoms with Crippen LogP contribution in [0.5, 0.6) is 0 Å². The molecule has 0 aliphatic carbocycles. The second kappa shape index (κ2) is 8.41. The lowest BCUT2D eigenvalue weighted by molar-refractivity contribution is -0.132. The zero-order chi connectivity index (χ0) is 20.3. The summed E-state index contributed by atoms with van der Waals surface area (Å²) >= 11 is 0. The zero-order valence-corrected chi connectivity index (χ0v) is 16.1. The Morgan fingerprint density at radius 1 is 1.25 bits per heavy atom. The highest BCUT2D eigenvalue weighted by molar-refractivity contribution is 6.08. The lowest BCUT2D eigenvalue weighted by Crippen LogP contribution is -2.48. The fourth-order valence-corrected chi connectivity index (χ4v) is 3.84. The van der Waals surface area contributed by atoms with E-state index < -0.39 is 17.7 Å². The molecule has 0 saturated carbocycles. The van der Waals surface area contributed by atoms with Crippen molar-refractivity contribution < 1.29 is 24.2 Å². The van der Waals surface area contributed by atoms with Gasteiger partial charge in [0.2, 0.25) is 0 Å². The number of likely N-dealkylation sites (tertiary alicyclic amines) is 1. The molecule has 2 aliphatic rings. The first-order chi connectivity index (χ1) is 13.5. The van der Waals surface area contributed by atoms with E-state index >= 15 is 0 Å². The van der Waals surface area contributed by atoms with Crippen LogP contribution in [0, 0.1) is 0 Å². The number of carbonyl (C=O) groups excluding carboxylic acids is 3. The number of ether oxygens (including phenoxy) is 1. The molecule has 0 radical (unpaired) electrons. The molecule has 2 aliphatic heterocycles. The van der Waals surface area contributed by atoms with Crippen molar-refractivity contribution in [2.75, 3.05) is 19.7 Å². The van der Waals surface area contributed by atoms with E-state index in [-0.39, 0.29) is 29.9 Å². The van der Waals surface area contributed by atoms with E-state index in [9.17, 15) is 19.5 Å². The van der Waals surface area contributed by atoms with Crippen molar-refractivity contribution in [2.24, 2.45) is 0 Å². The number of aromatic nitrogens is 1. The van der Waals surface area contributed by atoms with Crippen LogP contribution in [-0.4, -0.2) is 63.4 Å².